The van der Waals surface area contributed by atoms with Gasteiger partial charge in [0.2, 0.25) is 5.28 Å². The number of aryl methyl sites for hydroxylation is 1. The summed E-state index contributed by atoms with van der Waals surface area (Å²) < 4.78 is 39.7. The average Bonchev–Trinajstić information content (AvgIpc) is 2.73. The van der Waals surface area contributed by atoms with Crippen LogP contribution in [0.4, 0.5) is 19.0 Å². The molecule has 0 aromatic carbocycles. The van der Waals surface area contributed by atoms with Gasteiger partial charge in [-0.05, 0) is 11.6 Å². The molecule has 0 unspecified atom stereocenters. The number of aromatic nitrogens is 4. The highest BCUT2D eigenvalue weighted by atomic mass is 35.5. The Morgan fingerprint density at radius 3 is 2.70 bits per heavy atom. The molecule has 0 saturated carbocycles. The Labute approximate surface area is 115 Å². The number of hydrogen-bond donors (Lipinski definition) is 1. The standard InChI is InChI=1S/C10H7ClF3N5O/c1-19-6(2-3-16-19)17-8(20)5-4-15-9(11)18-7(5)10(12,13)14/h2-4H,1H3,(H,17,20). The van der Waals surface area contributed by atoms with Crippen LogP contribution in [0.25, 0.3) is 0 Å². The predicted octanol–water partition coefficient (Wildman–Crippen LogP) is 2.13. The van der Waals surface area contributed by atoms with Crippen molar-refractivity contribution in [1.82, 2.24) is 19.7 Å². The summed E-state index contributed by atoms with van der Waals surface area (Å²) in [6.45, 7) is 0. The number of alkyl halides is 3. The highest BCUT2D eigenvalue weighted by Gasteiger charge is 2.38. The summed E-state index contributed by atoms with van der Waals surface area (Å²) in [5, 5.41) is 5.46. The molecule has 1 amide bonds. The van der Waals surface area contributed by atoms with Gasteiger partial charge in [-0.15, -0.1) is 0 Å². The van der Waals surface area contributed by atoms with Crippen LogP contribution in [-0.2, 0) is 13.2 Å². The maximum atomic E-state index is 12.8. The second kappa shape index (κ2) is 5.08. The fraction of sp³-hybridized carbons (Fsp3) is 0.200. The summed E-state index contributed by atoms with van der Waals surface area (Å²) in [4.78, 5) is 18.3. The smallest absolute Gasteiger partial charge is 0.307 e. The van der Waals surface area contributed by atoms with Crippen LogP contribution >= 0.6 is 11.6 Å². The van der Waals surface area contributed by atoms with Gasteiger partial charge in [-0.1, -0.05) is 0 Å². The summed E-state index contributed by atoms with van der Waals surface area (Å²) in [6.07, 6.45) is -2.70. The van der Waals surface area contributed by atoms with Crippen molar-refractivity contribution in [2.24, 2.45) is 7.05 Å². The maximum absolute atomic E-state index is 12.8. The molecule has 2 heterocycles. The number of hydrogen-bond acceptors (Lipinski definition) is 4. The van der Waals surface area contributed by atoms with Gasteiger partial charge in [0, 0.05) is 19.3 Å². The number of halogens is 4. The van der Waals surface area contributed by atoms with Crippen LogP contribution in [0.2, 0.25) is 5.28 Å². The second-order valence-corrected chi connectivity index (χ2v) is 4.03. The van der Waals surface area contributed by atoms with Gasteiger partial charge in [0.15, 0.2) is 5.69 Å². The molecule has 0 radical (unpaired) electrons. The summed E-state index contributed by atoms with van der Waals surface area (Å²) in [7, 11) is 1.53. The van der Waals surface area contributed by atoms with E-state index in [2.05, 4.69) is 20.4 Å². The van der Waals surface area contributed by atoms with Crippen LogP contribution < -0.4 is 5.32 Å². The zero-order chi connectivity index (χ0) is 14.9. The first-order valence-corrected chi connectivity index (χ1v) is 5.56. The van der Waals surface area contributed by atoms with E-state index in [0.29, 0.717) is 0 Å². The zero-order valence-corrected chi connectivity index (χ0v) is 10.7. The van der Waals surface area contributed by atoms with Crippen LogP contribution in [-0.4, -0.2) is 25.7 Å². The van der Waals surface area contributed by atoms with Crippen molar-refractivity contribution in [3.8, 4) is 0 Å². The maximum Gasteiger partial charge on any atom is 0.434 e. The molecule has 1 N–H and O–H groups in total. The number of anilines is 1. The van der Waals surface area contributed by atoms with E-state index in [9.17, 15) is 18.0 Å². The summed E-state index contributed by atoms with van der Waals surface area (Å²) in [6, 6.07) is 1.43. The van der Waals surface area contributed by atoms with Crippen LogP contribution in [0.5, 0.6) is 0 Å². The van der Waals surface area contributed by atoms with E-state index in [-0.39, 0.29) is 5.82 Å². The summed E-state index contributed by atoms with van der Waals surface area (Å²) in [5.41, 5.74) is -2.11. The highest BCUT2D eigenvalue weighted by molar-refractivity contribution is 6.28. The normalized spacial score (nSPS) is 11.4. The van der Waals surface area contributed by atoms with Crippen molar-refractivity contribution >= 4 is 23.3 Å². The predicted molar refractivity (Wildman–Crippen MR) is 63.2 cm³/mol. The van der Waals surface area contributed by atoms with Crippen molar-refractivity contribution < 1.29 is 18.0 Å². The van der Waals surface area contributed by atoms with Gasteiger partial charge in [-0.2, -0.15) is 18.3 Å². The van der Waals surface area contributed by atoms with E-state index >= 15 is 0 Å². The van der Waals surface area contributed by atoms with Crippen molar-refractivity contribution in [3.63, 3.8) is 0 Å². The third-order valence-corrected chi connectivity index (χ3v) is 2.52. The third kappa shape index (κ3) is 2.87. The van der Waals surface area contributed by atoms with E-state index < -0.39 is 28.6 Å². The van der Waals surface area contributed by atoms with Gasteiger partial charge in [0.25, 0.3) is 5.91 Å². The fourth-order valence-electron chi connectivity index (χ4n) is 1.42. The van der Waals surface area contributed by atoms with E-state index in [1.165, 1.54) is 24.0 Å². The molecule has 6 nitrogen and oxygen atoms in total. The van der Waals surface area contributed by atoms with Crippen molar-refractivity contribution in [3.05, 3.63) is 35.0 Å². The minimum atomic E-state index is -4.81. The third-order valence-electron chi connectivity index (χ3n) is 2.34. The van der Waals surface area contributed by atoms with Gasteiger partial charge in [-0.25, -0.2) is 9.97 Å². The van der Waals surface area contributed by atoms with Crippen molar-refractivity contribution in [1.29, 1.82) is 0 Å². The molecule has 0 saturated heterocycles. The molecule has 0 fully saturated rings. The Hall–Kier alpha value is -2.16. The van der Waals surface area contributed by atoms with Crippen LogP contribution in [0.3, 0.4) is 0 Å². The Morgan fingerprint density at radius 2 is 2.15 bits per heavy atom. The van der Waals surface area contributed by atoms with Gasteiger partial charge in [0.05, 0.1) is 11.8 Å². The van der Waals surface area contributed by atoms with Gasteiger partial charge in [-0.3, -0.25) is 9.48 Å². The first kappa shape index (κ1) is 14.3. The summed E-state index contributed by atoms with van der Waals surface area (Å²) >= 11 is 5.33. The fourth-order valence-corrected chi connectivity index (χ4v) is 1.56. The lowest BCUT2D eigenvalue weighted by atomic mass is 10.2. The van der Waals surface area contributed by atoms with E-state index in [4.69, 9.17) is 11.6 Å². The molecular formula is C10H7ClF3N5O. The molecule has 0 bridgehead atoms. The average molecular weight is 306 g/mol. The van der Waals surface area contributed by atoms with Gasteiger partial charge in [0.1, 0.15) is 5.82 Å². The number of amides is 1. The number of carbonyl (C=O) groups excluding carboxylic acids is 1. The molecule has 2 aromatic heterocycles. The molecule has 106 valence electrons. The topological polar surface area (TPSA) is 72.7 Å². The number of rotatable bonds is 2. The Bertz CT molecular complexity index is 655. The SMILES string of the molecule is Cn1nccc1NC(=O)c1cnc(Cl)nc1C(F)(F)F. The van der Waals surface area contributed by atoms with E-state index in [0.717, 1.165) is 6.20 Å². The van der Waals surface area contributed by atoms with Crippen LogP contribution in [0.15, 0.2) is 18.5 Å². The van der Waals surface area contributed by atoms with Crippen molar-refractivity contribution in [2.45, 2.75) is 6.18 Å². The lowest BCUT2D eigenvalue weighted by Crippen LogP contribution is -2.22. The first-order valence-electron chi connectivity index (χ1n) is 5.18. The lowest BCUT2D eigenvalue weighted by Gasteiger charge is -2.11. The highest BCUT2D eigenvalue weighted by Crippen LogP contribution is 2.31. The number of nitrogens with one attached hydrogen (secondary N) is 1. The molecule has 0 aliphatic heterocycles. The minimum absolute atomic E-state index is 0.234. The second-order valence-electron chi connectivity index (χ2n) is 3.69. The van der Waals surface area contributed by atoms with E-state index in [1.807, 2.05) is 0 Å². The van der Waals surface area contributed by atoms with Crippen LogP contribution in [0.1, 0.15) is 16.1 Å². The Balaban J connectivity index is 2.37. The van der Waals surface area contributed by atoms with Crippen LogP contribution in [0, 0.1) is 0 Å². The Kier molecular flexibility index (Phi) is 3.62. The van der Waals surface area contributed by atoms with E-state index in [1.54, 1.807) is 0 Å². The molecule has 10 heteroatoms. The number of carbonyl (C=O) groups is 1. The molecule has 0 atom stereocenters. The minimum Gasteiger partial charge on any atom is -0.307 e. The lowest BCUT2D eigenvalue weighted by molar-refractivity contribution is -0.141. The Morgan fingerprint density at radius 1 is 1.45 bits per heavy atom. The molecule has 20 heavy (non-hydrogen) atoms. The molecule has 0 aliphatic rings. The number of nitrogens with zero attached hydrogens (tertiary/aromatic N) is 4. The molecule has 2 aromatic rings. The van der Waals surface area contributed by atoms with Gasteiger partial charge >= 0.3 is 6.18 Å². The largest absolute Gasteiger partial charge is 0.434 e. The molecular weight excluding hydrogens is 299 g/mol. The molecule has 0 aliphatic carbocycles. The molecule has 0 spiro atoms. The zero-order valence-electron chi connectivity index (χ0n) is 9.94. The monoisotopic (exact) mass is 305 g/mol. The van der Waals surface area contributed by atoms with Crippen molar-refractivity contribution in [2.75, 3.05) is 5.32 Å². The quantitative estimate of drug-likeness (QED) is 0.863. The first-order chi connectivity index (χ1) is 9.29. The van der Waals surface area contributed by atoms with Gasteiger partial charge < -0.3 is 5.32 Å². The summed E-state index contributed by atoms with van der Waals surface area (Å²) in [5.74, 6) is -0.768. The molecule has 2 rings (SSSR count).